The number of nitrogens with one attached hydrogen (secondary N) is 1. The second kappa shape index (κ2) is 3.90. The van der Waals surface area contributed by atoms with Crippen molar-refractivity contribution in [2.75, 3.05) is 13.1 Å². The Morgan fingerprint density at radius 3 is 2.69 bits per heavy atom. The van der Waals surface area contributed by atoms with Gasteiger partial charge in [0.1, 0.15) is 0 Å². The van der Waals surface area contributed by atoms with Crippen LogP contribution in [0.1, 0.15) is 17.9 Å². The molecule has 1 aliphatic rings. The lowest BCUT2D eigenvalue weighted by molar-refractivity contribution is 0.114. The zero-order valence-electron chi connectivity index (χ0n) is 7.61. The van der Waals surface area contributed by atoms with Crippen LogP contribution in [0.15, 0.2) is 30.3 Å². The molecule has 2 atom stereocenters. The van der Waals surface area contributed by atoms with Gasteiger partial charge in [-0.15, -0.1) is 0 Å². The second-order valence-electron chi connectivity index (χ2n) is 3.58. The Hall–Kier alpha value is -0.860. The van der Waals surface area contributed by atoms with E-state index >= 15 is 0 Å². The van der Waals surface area contributed by atoms with E-state index in [9.17, 15) is 5.11 Å². The van der Waals surface area contributed by atoms with E-state index < -0.39 is 0 Å². The SMILES string of the molecule is O[C@@H]1CCNC[C@H]1c1ccccc1. The van der Waals surface area contributed by atoms with Crippen LogP contribution < -0.4 is 5.32 Å². The van der Waals surface area contributed by atoms with E-state index in [4.69, 9.17) is 0 Å². The monoisotopic (exact) mass is 177 g/mol. The summed E-state index contributed by atoms with van der Waals surface area (Å²) in [6.07, 6.45) is 0.683. The van der Waals surface area contributed by atoms with Crippen LogP contribution in [-0.2, 0) is 0 Å². The summed E-state index contributed by atoms with van der Waals surface area (Å²) < 4.78 is 0. The highest BCUT2D eigenvalue weighted by Gasteiger charge is 2.23. The van der Waals surface area contributed by atoms with Crippen LogP contribution in [0.2, 0.25) is 0 Å². The number of hydrogen-bond acceptors (Lipinski definition) is 2. The molecular weight excluding hydrogens is 162 g/mol. The van der Waals surface area contributed by atoms with Crippen molar-refractivity contribution in [3.05, 3.63) is 35.9 Å². The molecule has 0 spiro atoms. The fraction of sp³-hybridized carbons (Fsp3) is 0.455. The molecule has 2 nitrogen and oxygen atoms in total. The van der Waals surface area contributed by atoms with Gasteiger partial charge in [0, 0.05) is 12.5 Å². The number of aliphatic hydroxyl groups excluding tert-OH is 1. The van der Waals surface area contributed by atoms with Crippen LogP contribution in [0.3, 0.4) is 0 Å². The smallest absolute Gasteiger partial charge is 0.0633 e. The molecule has 0 radical (unpaired) electrons. The minimum atomic E-state index is -0.177. The minimum Gasteiger partial charge on any atom is -0.392 e. The lowest BCUT2D eigenvalue weighted by atomic mass is 9.89. The molecule has 0 bridgehead atoms. The zero-order valence-corrected chi connectivity index (χ0v) is 7.61. The number of rotatable bonds is 1. The van der Waals surface area contributed by atoms with E-state index in [2.05, 4.69) is 17.4 Å². The maximum Gasteiger partial charge on any atom is 0.0633 e. The third kappa shape index (κ3) is 1.90. The standard InChI is InChI=1S/C11H15NO/c13-11-6-7-12-8-10(11)9-4-2-1-3-5-9/h1-5,10-13H,6-8H2/t10-,11+/m0/s1. The van der Waals surface area contributed by atoms with Gasteiger partial charge in [-0.3, -0.25) is 0 Å². The molecule has 0 amide bonds. The van der Waals surface area contributed by atoms with Gasteiger partial charge in [0.2, 0.25) is 0 Å². The number of piperidine rings is 1. The Balaban J connectivity index is 2.15. The summed E-state index contributed by atoms with van der Waals surface area (Å²) in [5, 5.41) is 13.1. The van der Waals surface area contributed by atoms with Gasteiger partial charge in [0.25, 0.3) is 0 Å². The van der Waals surface area contributed by atoms with Gasteiger partial charge in [-0.2, -0.15) is 0 Å². The van der Waals surface area contributed by atoms with Crippen LogP contribution in [0, 0.1) is 0 Å². The predicted octanol–water partition coefficient (Wildman–Crippen LogP) is 1.12. The van der Waals surface area contributed by atoms with Crippen molar-refractivity contribution < 1.29 is 5.11 Å². The largest absolute Gasteiger partial charge is 0.392 e. The van der Waals surface area contributed by atoms with Crippen molar-refractivity contribution in [2.45, 2.75) is 18.4 Å². The molecule has 70 valence electrons. The van der Waals surface area contributed by atoms with E-state index in [1.54, 1.807) is 0 Å². The summed E-state index contributed by atoms with van der Waals surface area (Å²) in [6, 6.07) is 10.2. The van der Waals surface area contributed by atoms with E-state index in [1.807, 2.05) is 18.2 Å². The van der Waals surface area contributed by atoms with E-state index in [0.717, 1.165) is 19.5 Å². The van der Waals surface area contributed by atoms with E-state index in [0.29, 0.717) is 0 Å². The summed E-state index contributed by atoms with van der Waals surface area (Å²) in [7, 11) is 0. The summed E-state index contributed by atoms with van der Waals surface area (Å²) in [5.41, 5.74) is 1.24. The molecule has 1 fully saturated rings. The first kappa shape index (κ1) is 8.73. The van der Waals surface area contributed by atoms with E-state index in [-0.39, 0.29) is 12.0 Å². The van der Waals surface area contributed by atoms with Crippen molar-refractivity contribution in [1.29, 1.82) is 0 Å². The highest BCUT2D eigenvalue weighted by Crippen LogP contribution is 2.22. The van der Waals surface area contributed by atoms with Crippen molar-refractivity contribution >= 4 is 0 Å². The fourth-order valence-electron chi connectivity index (χ4n) is 1.88. The molecule has 2 heteroatoms. The third-order valence-electron chi connectivity index (χ3n) is 2.67. The number of hydrogen-bond donors (Lipinski definition) is 2. The van der Waals surface area contributed by atoms with Crippen molar-refractivity contribution in [2.24, 2.45) is 0 Å². The Morgan fingerprint density at radius 2 is 2.00 bits per heavy atom. The maximum absolute atomic E-state index is 9.78. The van der Waals surface area contributed by atoms with Gasteiger partial charge in [-0.05, 0) is 18.5 Å². The molecule has 2 N–H and O–H groups in total. The summed E-state index contributed by atoms with van der Waals surface area (Å²) in [5.74, 6) is 0.273. The number of aliphatic hydroxyl groups is 1. The average Bonchev–Trinajstić information content (AvgIpc) is 2.20. The second-order valence-corrected chi connectivity index (χ2v) is 3.58. The molecule has 1 aromatic carbocycles. The molecule has 1 heterocycles. The van der Waals surface area contributed by atoms with Gasteiger partial charge in [-0.1, -0.05) is 30.3 Å². The summed E-state index contributed by atoms with van der Waals surface area (Å²) >= 11 is 0. The van der Waals surface area contributed by atoms with Crippen LogP contribution in [0.4, 0.5) is 0 Å². The normalized spacial score (nSPS) is 28.7. The Kier molecular flexibility index (Phi) is 2.62. The summed E-state index contributed by atoms with van der Waals surface area (Å²) in [6.45, 7) is 1.83. The third-order valence-corrected chi connectivity index (χ3v) is 2.67. The van der Waals surface area contributed by atoms with Crippen molar-refractivity contribution in [1.82, 2.24) is 5.32 Å². The van der Waals surface area contributed by atoms with Gasteiger partial charge >= 0.3 is 0 Å². The molecule has 0 saturated carbocycles. The van der Waals surface area contributed by atoms with Crippen LogP contribution in [-0.4, -0.2) is 24.3 Å². The van der Waals surface area contributed by atoms with Gasteiger partial charge in [-0.25, -0.2) is 0 Å². The van der Waals surface area contributed by atoms with Gasteiger partial charge < -0.3 is 10.4 Å². The lowest BCUT2D eigenvalue weighted by Gasteiger charge is -2.28. The zero-order chi connectivity index (χ0) is 9.10. The quantitative estimate of drug-likeness (QED) is 0.674. The molecule has 0 aliphatic carbocycles. The van der Waals surface area contributed by atoms with E-state index in [1.165, 1.54) is 5.56 Å². The Labute approximate surface area is 78.6 Å². The van der Waals surface area contributed by atoms with Crippen molar-refractivity contribution in [3.8, 4) is 0 Å². The van der Waals surface area contributed by atoms with Crippen LogP contribution in [0.25, 0.3) is 0 Å². The van der Waals surface area contributed by atoms with Crippen molar-refractivity contribution in [3.63, 3.8) is 0 Å². The van der Waals surface area contributed by atoms with Crippen LogP contribution >= 0.6 is 0 Å². The topological polar surface area (TPSA) is 32.3 Å². The molecule has 0 aromatic heterocycles. The van der Waals surface area contributed by atoms with Gasteiger partial charge in [0.05, 0.1) is 6.10 Å². The Morgan fingerprint density at radius 1 is 1.23 bits per heavy atom. The molecule has 1 aromatic rings. The molecular formula is C11H15NO. The first-order valence-corrected chi connectivity index (χ1v) is 4.81. The molecule has 2 rings (SSSR count). The highest BCUT2D eigenvalue weighted by atomic mass is 16.3. The number of benzene rings is 1. The predicted molar refractivity (Wildman–Crippen MR) is 52.7 cm³/mol. The highest BCUT2D eigenvalue weighted by molar-refractivity contribution is 5.21. The molecule has 1 aliphatic heterocycles. The minimum absolute atomic E-state index is 0.177. The summed E-state index contributed by atoms with van der Waals surface area (Å²) in [4.78, 5) is 0. The first-order valence-electron chi connectivity index (χ1n) is 4.81. The molecule has 13 heavy (non-hydrogen) atoms. The molecule has 0 unspecified atom stereocenters. The Bertz CT molecular complexity index is 260. The maximum atomic E-state index is 9.78. The van der Waals surface area contributed by atoms with Crippen LogP contribution in [0.5, 0.6) is 0 Å². The fourth-order valence-corrected chi connectivity index (χ4v) is 1.88. The van der Waals surface area contributed by atoms with Gasteiger partial charge in [0.15, 0.2) is 0 Å². The molecule has 1 saturated heterocycles. The lowest BCUT2D eigenvalue weighted by Crippen LogP contribution is -2.38. The average molecular weight is 177 g/mol. The first-order chi connectivity index (χ1) is 6.38.